The van der Waals surface area contributed by atoms with Gasteiger partial charge in [0.2, 0.25) is 0 Å². The van der Waals surface area contributed by atoms with E-state index in [2.05, 4.69) is 6.92 Å². The van der Waals surface area contributed by atoms with Gasteiger partial charge in [-0.25, -0.2) is 9.59 Å². The molecule has 3 rings (SSSR count). The summed E-state index contributed by atoms with van der Waals surface area (Å²) < 4.78 is 56.2. The molecule has 7 nitrogen and oxygen atoms in total. The number of esters is 1. The minimum atomic E-state index is -4.43. The highest BCUT2D eigenvalue weighted by Gasteiger charge is 2.37. The molecule has 0 spiro atoms. The van der Waals surface area contributed by atoms with E-state index in [-0.39, 0.29) is 31.2 Å². The molecule has 1 saturated heterocycles. The molecule has 0 bridgehead atoms. The Morgan fingerprint density at radius 1 is 1.05 bits per heavy atom. The van der Waals surface area contributed by atoms with E-state index in [0.717, 1.165) is 30.5 Å². The molecule has 40 heavy (non-hydrogen) atoms. The van der Waals surface area contributed by atoms with E-state index in [0.29, 0.717) is 43.9 Å². The van der Waals surface area contributed by atoms with Crippen molar-refractivity contribution in [3.63, 3.8) is 0 Å². The van der Waals surface area contributed by atoms with E-state index in [9.17, 15) is 22.8 Å². The fraction of sp³-hybridized carbons (Fsp3) is 0.533. The van der Waals surface area contributed by atoms with E-state index in [1.54, 1.807) is 36.8 Å². The van der Waals surface area contributed by atoms with Gasteiger partial charge >= 0.3 is 18.2 Å². The van der Waals surface area contributed by atoms with Gasteiger partial charge in [-0.2, -0.15) is 13.2 Å². The van der Waals surface area contributed by atoms with E-state index in [4.69, 9.17) is 14.2 Å². The van der Waals surface area contributed by atoms with E-state index < -0.39 is 17.3 Å². The Balaban J connectivity index is 1.52. The van der Waals surface area contributed by atoms with Crippen molar-refractivity contribution < 1.29 is 37.0 Å². The van der Waals surface area contributed by atoms with Crippen LogP contribution in [0.1, 0.15) is 56.7 Å². The van der Waals surface area contributed by atoms with Crippen molar-refractivity contribution in [3.05, 3.63) is 65.2 Å². The highest BCUT2D eigenvalue weighted by Crippen LogP contribution is 2.30. The lowest BCUT2D eigenvalue weighted by molar-refractivity contribution is -0.170. The Bertz CT molecular complexity index is 1130. The van der Waals surface area contributed by atoms with Crippen molar-refractivity contribution in [1.82, 2.24) is 9.80 Å². The Morgan fingerprint density at radius 3 is 2.42 bits per heavy atom. The van der Waals surface area contributed by atoms with Crippen LogP contribution in [0.3, 0.4) is 0 Å². The predicted molar refractivity (Wildman–Crippen MR) is 145 cm³/mol. The van der Waals surface area contributed by atoms with Crippen LogP contribution in [0.5, 0.6) is 5.75 Å². The Hall–Kier alpha value is -3.27. The van der Waals surface area contributed by atoms with Gasteiger partial charge in [-0.3, -0.25) is 0 Å². The first-order valence-corrected chi connectivity index (χ1v) is 13.7. The third-order valence-electron chi connectivity index (χ3n) is 6.99. The maximum atomic E-state index is 13.0. The SMILES string of the molecule is CCCCOC(C)(Cc1ccc(OCCC2CN(Cc3cccc(C(F)(F)F)c3)C(=O)N2C)cc1)C(=O)OCC. The molecule has 10 heteroatoms. The number of ether oxygens (including phenoxy) is 3. The Labute approximate surface area is 234 Å². The highest BCUT2D eigenvalue weighted by atomic mass is 19.4. The zero-order valence-corrected chi connectivity index (χ0v) is 23.6. The molecule has 0 aliphatic carbocycles. The molecule has 0 aromatic heterocycles. The second-order valence-electron chi connectivity index (χ2n) is 10.2. The molecular formula is C30H39F3N2O5. The smallest absolute Gasteiger partial charge is 0.416 e. The van der Waals surface area contributed by atoms with Gasteiger partial charge in [0.15, 0.2) is 5.60 Å². The highest BCUT2D eigenvalue weighted by molar-refractivity contribution is 5.79. The van der Waals surface area contributed by atoms with E-state index in [1.165, 1.54) is 6.07 Å². The van der Waals surface area contributed by atoms with Crippen molar-refractivity contribution in [3.8, 4) is 5.75 Å². The van der Waals surface area contributed by atoms with Crippen molar-refractivity contribution in [2.75, 3.05) is 33.4 Å². The largest absolute Gasteiger partial charge is 0.494 e. The maximum Gasteiger partial charge on any atom is 0.416 e. The molecule has 2 amide bonds. The molecule has 2 atom stereocenters. The lowest BCUT2D eigenvalue weighted by atomic mass is 9.96. The molecule has 2 unspecified atom stereocenters. The molecule has 1 fully saturated rings. The normalized spacial score (nSPS) is 17.2. The van der Waals surface area contributed by atoms with Gasteiger partial charge in [0.05, 0.1) is 24.8 Å². The van der Waals surface area contributed by atoms with E-state index >= 15 is 0 Å². The summed E-state index contributed by atoms with van der Waals surface area (Å²) in [4.78, 5) is 28.4. The fourth-order valence-electron chi connectivity index (χ4n) is 4.63. The average molecular weight is 565 g/mol. The quantitative estimate of drug-likeness (QED) is 0.205. The number of hydrogen-bond acceptors (Lipinski definition) is 5. The summed E-state index contributed by atoms with van der Waals surface area (Å²) in [5, 5.41) is 0. The minimum Gasteiger partial charge on any atom is -0.494 e. The Kier molecular flexibility index (Phi) is 10.8. The first-order chi connectivity index (χ1) is 19.0. The van der Waals surface area contributed by atoms with Crippen LogP contribution in [0.15, 0.2) is 48.5 Å². The van der Waals surface area contributed by atoms with Crippen LogP contribution < -0.4 is 4.74 Å². The Morgan fingerprint density at radius 2 is 1.77 bits per heavy atom. The zero-order chi connectivity index (χ0) is 29.3. The van der Waals surface area contributed by atoms with Crippen molar-refractivity contribution >= 4 is 12.0 Å². The third-order valence-corrected chi connectivity index (χ3v) is 6.99. The third kappa shape index (κ3) is 8.36. The van der Waals surface area contributed by atoms with Gasteiger partial charge in [-0.05, 0) is 55.7 Å². The summed E-state index contributed by atoms with van der Waals surface area (Å²) in [6.07, 6.45) is -1.68. The lowest BCUT2D eigenvalue weighted by Crippen LogP contribution is -2.42. The van der Waals surface area contributed by atoms with E-state index in [1.807, 2.05) is 24.3 Å². The minimum absolute atomic E-state index is 0.110. The second-order valence-corrected chi connectivity index (χ2v) is 10.2. The summed E-state index contributed by atoms with van der Waals surface area (Å²) >= 11 is 0. The lowest BCUT2D eigenvalue weighted by Gasteiger charge is -2.28. The number of halogens is 3. The molecule has 220 valence electrons. The number of urea groups is 1. The molecule has 1 heterocycles. The molecule has 2 aromatic rings. The standard InChI is InChI=1S/C30H39F3N2O5/c1-5-7-16-40-29(3,27(36)38-6-2)19-22-11-13-26(14-12-22)39-17-15-25-21-35(28(37)34(25)4)20-23-9-8-10-24(18-23)30(31,32)33/h8-14,18,25H,5-7,15-17,19-21H2,1-4H3. The summed E-state index contributed by atoms with van der Waals surface area (Å²) in [6, 6.07) is 12.1. The first-order valence-electron chi connectivity index (χ1n) is 13.7. The van der Waals surface area contributed by atoms with Crippen LogP contribution in [-0.2, 0) is 33.4 Å². The molecule has 2 aromatic carbocycles. The average Bonchev–Trinajstić information content (AvgIpc) is 3.17. The predicted octanol–water partition coefficient (Wildman–Crippen LogP) is 6.09. The monoisotopic (exact) mass is 564 g/mol. The number of benzene rings is 2. The number of rotatable bonds is 14. The molecule has 1 aliphatic rings. The number of alkyl halides is 3. The summed E-state index contributed by atoms with van der Waals surface area (Å²) in [5.41, 5.74) is -0.461. The number of hydrogen-bond donors (Lipinski definition) is 0. The molecule has 0 saturated carbocycles. The van der Waals surface area contributed by atoms with Crippen molar-refractivity contribution in [2.45, 2.75) is 70.8 Å². The van der Waals surface area contributed by atoms with Gasteiger partial charge in [0, 0.05) is 39.6 Å². The van der Waals surface area contributed by atoms with Crippen molar-refractivity contribution in [2.24, 2.45) is 0 Å². The van der Waals surface area contributed by atoms with Gasteiger partial charge in [-0.1, -0.05) is 37.6 Å². The molecule has 1 aliphatic heterocycles. The van der Waals surface area contributed by atoms with Crippen LogP contribution in [0.4, 0.5) is 18.0 Å². The fourth-order valence-corrected chi connectivity index (χ4v) is 4.63. The molecular weight excluding hydrogens is 525 g/mol. The summed E-state index contributed by atoms with van der Waals surface area (Å²) in [5.74, 6) is 0.269. The van der Waals surface area contributed by atoms with Crippen LogP contribution in [0.2, 0.25) is 0 Å². The zero-order valence-electron chi connectivity index (χ0n) is 23.6. The number of unbranched alkanes of at least 4 members (excludes halogenated alkanes) is 1. The van der Waals surface area contributed by atoms with Gasteiger partial charge in [-0.15, -0.1) is 0 Å². The topological polar surface area (TPSA) is 68.3 Å². The number of carbonyl (C=O) groups excluding carboxylic acids is 2. The number of amides is 2. The summed E-state index contributed by atoms with van der Waals surface area (Å²) in [6.45, 7) is 7.20. The van der Waals surface area contributed by atoms with Crippen LogP contribution in [0.25, 0.3) is 0 Å². The van der Waals surface area contributed by atoms with Gasteiger partial charge < -0.3 is 24.0 Å². The molecule has 0 N–H and O–H groups in total. The van der Waals surface area contributed by atoms with Gasteiger partial charge in [0.25, 0.3) is 0 Å². The number of nitrogens with zero attached hydrogens (tertiary/aromatic N) is 2. The van der Waals surface area contributed by atoms with Crippen LogP contribution in [-0.4, -0.2) is 66.9 Å². The van der Waals surface area contributed by atoms with Crippen molar-refractivity contribution in [1.29, 1.82) is 0 Å². The van der Waals surface area contributed by atoms with Crippen LogP contribution in [0, 0.1) is 0 Å². The van der Waals surface area contributed by atoms with Gasteiger partial charge in [0.1, 0.15) is 5.75 Å². The molecule has 0 radical (unpaired) electrons. The summed E-state index contributed by atoms with van der Waals surface area (Å²) in [7, 11) is 1.69. The maximum absolute atomic E-state index is 13.0. The second kappa shape index (κ2) is 13.9. The first kappa shape index (κ1) is 31.3. The van der Waals surface area contributed by atoms with Crippen LogP contribution >= 0.6 is 0 Å². The number of carbonyl (C=O) groups is 2. The number of likely N-dealkylation sites (N-methyl/N-ethyl adjacent to an activating group) is 1.